The molecule has 0 aromatic heterocycles. The zero-order valence-electron chi connectivity index (χ0n) is 7.75. The summed E-state index contributed by atoms with van der Waals surface area (Å²) in [5.74, 6) is -0.379. The second kappa shape index (κ2) is 5.07. The Hall–Kier alpha value is -1.43. The summed E-state index contributed by atoms with van der Waals surface area (Å²) < 4.78 is 43.7. The molecular weight excluding hydrogens is 249 g/mol. The fourth-order valence-electron chi connectivity index (χ4n) is 0.972. The van der Waals surface area contributed by atoms with Gasteiger partial charge in [0.2, 0.25) is 0 Å². The van der Waals surface area contributed by atoms with E-state index >= 15 is 0 Å². The Kier molecular flexibility index (Phi) is 4.00. The molecule has 0 spiro atoms. The van der Waals surface area contributed by atoms with E-state index in [1.807, 2.05) is 0 Å². The third-order valence-electron chi connectivity index (χ3n) is 1.48. The summed E-state index contributed by atoms with van der Waals surface area (Å²) >= 11 is 4.90. The number of hydrogen-bond donors (Lipinski definition) is 0. The van der Waals surface area contributed by atoms with E-state index in [0.717, 1.165) is 12.1 Å². The van der Waals surface area contributed by atoms with Crippen LogP contribution in [0.5, 0.6) is 5.75 Å². The van der Waals surface area contributed by atoms with Gasteiger partial charge in [0.15, 0.2) is 0 Å². The number of ether oxygens (including phenoxy) is 2. The lowest BCUT2D eigenvalue weighted by Gasteiger charge is -2.09. The van der Waals surface area contributed by atoms with Crippen molar-refractivity contribution in [3.05, 3.63) is 29.8 Å². The van der Waals surface area contributed by atoms with Crippen molar-refractivity contribution in [1.82, 2.24) is 0 Å². The molecule has 0 aliphatic rings. The summed E-state index contributed by atoms with van der Waals surface area (Å²) in [6.07, 6.45) is -4.75. The van der Waals surface area contributed by atoms with Gasteiger partial charge < -0.3 is 9.47 Å². The molecule has 0 fully saturated rings. The van der Waals surface area contributed by atoms with Crippen LogP contribution in [0.2, 0.25) is 0 Å². The van der Waals surface area contributed by atoms with Gasteiger partial charge in [0.05, 0.1) is 0 Å². The van der Waals surface area contributed by atoms with Gasteiger partial charge in [-0.25, -0.2) is 4.79 Å². The van der Waals surface area contributed by atoms with Gasteiger partial charge in [-0.2, -0.15) is 0 Å². The van der Waals surface area contributed by atoms with Crippen LogP contribution in [0.25, 0.3) is 0 Å². The molecule has 0 saturated carbocycles. The second-order valence-corrected chi connectivity index (χ2v) is 3.03. The molecular formula is C9H6ClF3O3. The van der Waals surface area contributed by atoms with E-state index in [0.29, 0.717) is 5.56 Å². The van der Waals surface area contributed by atoms with Crippen LogP contribution in [0, 0.1) is 0 Å². The summed E-state index contributed by atoms with van der Waals surface area (Å²) in [7, 11) is 0. The molecule has 16 heavy (non-hydrogen) atoms. The average Bonchev–Trinajstić information content (AvgIpc) is 2.12. The average molecular weight is 255 g/mol. The summed E-state index contributed by atoms with van der Waals surface area (Å²) in [5, 5.41) is 0. The van der Waals surface area contributed by atoms with Crippen LogP contribution in [0.4, 0.5) is 18.0 Å². The normalized spacial score (nSPS) is 11.0. The highest BCUT2D eigenvalue weighted by atomic mass is 35.5. The Morgan fingerprint density at radius 1 is 1.38 bits per heavy atom. The first kappa shape index (κ1) is 12.6. The van der Waals surface area contributed by atoms with Crippen molar-refractivity contribution in [2.75, 3.05) is 0 Å². The lowest BCUT2D eigenvalue weighted by molar-refractivity contribution is -0.274. The number of rotatable bonds is 3. The minimum atomic E-state index is -4.75. The molecule has 0 atom stereocenters. The van der Waals surface area contributed by atoms with Gasteiger partial charge in [0, 0.05) is 11.6 Å². The Balaban J connectivity index is 2.67. The fourth-order valence-corrected chi connectivity index (χ4v) is 1.03. The first-order valence-electron chi connectivity index (χ1n) is 4.04. The van der Waals surface area contributed by atoms with Gasteiger partial charge in [0.1, 0.15) is 12.4 Å². The first-order chi connectivity index (χ1) is 7.37. The Bertz CT molecular complexity index is 379. The summed E-state index contributed by atoms with van der Waals surface area (Å²) in [4.78, 5) is 10.3. The highest BCUT2D eigenvalue weighted by molar-refractivity contribution is 6.61. The number of hydrogen-bond acceptors (Lipinski definition) is 3. The lowest BCUT2D eigenvalue weighted by Crippen LogP contribution is -2.17. The summed E-state index contributed by atoms with van der Waals surface area (Å²) in [5.41, 5.74) is -0.683. The van der Waals surface area contributed by atoms with E-state index in [2.05, 4.69) is 9.47 Å². The van der Waals surface area contributed by atoms with Crippen LogP contribution in [0.3, 0.4) is 0 Å². The molecule has 0 heterocycles. The predicted molar refractivity (Wildman–Crippen MR) is 49.2 cm³/mol. The third kappa shape index (κ3) is 4.88. The Morgan fingerprint density at radius 2 is 2.06 bits per heavy atom. The van der Waals surface area contributed by atoms with E-state index in [1.54, 1.807) is 0 Å². The van der Waals surface area contributed by atoms with Crippen molar-refractivity contribution >= 4 is 17.0 Å². The molecule has 0 amide bonds. The van der Waals surface area contributed by atoms with Crippen molar-refractivity contribution in [2.24, 2.45) is 0 Å². The zero-order valence-corrected chi connectivity index (χ0v) is 8.51. The van der Waals surface area contributed by atoms with Crippen LogP contribution < -0.4 is 4.74 Å². The smallest absolute Gasteiger partial charge is 0.449 e. The van der Waals surface area contributed by atoms with Crippen molar-refractivity contribution < 1.29 is 27.4 Å². The van der Waals surface area contributed by atoms with Gasteiger partial charge >= 0.3 is 11.8 Å². The minimum Gasteiger partial charge on any atom is -0.449 e. The fraction of sp³-hybridized carbons (Fsp3) is 0.222. The Morgan fingerprint density at radius 3 is 2.62 bits per heavy atom. The maximum Gasteiger partial charge on any atom is 0.573 e. The van der Waals surface area contributed by atoms with Gasteiger partial charge in [-0.15, -0.1) is 13.2 Å². The number of carbonyl (C=O) groups is 1. The molecule has 1 rings (SSSR count). The van der Waals surface area contributed by atoms with E-state index in [1.165, 1.54) is 12.1 Å². The van der Waals surface area contributed by atoms with Gasteiger partial charge in [-0.1, -0.05) is 12.1 Å². The number of alkyl halides is 3. The first-order valence-corrected chi connectivity index (χ1v) is 4.41. The quantitative estimate of drug-likeness (QED) is 0.775. The summed E-state index contributed by atoms with van der Waals surface area (Å²) in [6, 6.07) is 5.06. The van der Waals surface area contributed by atoms with E-state index in [-0.39, 0.29) is 12.4 Å². The molecule has 0 unspecified atom stereocenters. The van der Waals surface area contributed by atoms with Crippen LogP contribution in [0.1, 0.15) is 5.56 Å². The van der Waals surface area contributed by atoms with Crippen molar-refractivity contribution in [2.45, 2.75) is 13.0 Å². The molecule has 0 aliphatic carbocycles. The minimum absolute atomic E-state index is 0.211. The molecule has 0 bridgehead atoms. The molecule has 0 N–H and O–H groups in total. The molecule has 3 nitrogen and oxygen atoms in total. The van der Waals surface area contributed by atoms with E-state index in [4.69, 9.17) is 11.6 Å². The van der Waals surface area contributed by atoms with Crippen LogP contribution >= 0.6 is 11.6 Å². The highest BCUT2D eigenvalue weighted by Crippen LogP contribution is 2.23. The number of halogens is 4. The van der Waals surface area contributed by atoms with E-state index in [9.17, 15) is 18.0 Å². The molecule has 0 aliphatic heterocycles. The molecule has 0 saturated heterocycles. The molecule has 1 aromatic carbocycles. The Labute approximate surface area is 93.7 Å². The molecule has 1 aromatic rings. The summed E-state index contributed by atoms with van der Waals surface area (Å²) in [6.45, 7) is -0.211. The number of benzene rings is 1. The highest BCUT2D eigenvalue weighted by Gasteiger charge is 2.31. The largest absolute Gasteiger partial charge is 0.573 e. The van der Waals surface area contributed by atoms with Crippen LogP contribution in [-0.2, 0) is 11.3 Å². The monoisotopic (exact) mass is 254 g/mol. The lowest BCUT2D eigenvalue weighted by atomic mass is 10.2. The number of carbonyl (C=O) groups excluding carboxylic acids is 1. The van der Waals surface area contributed by atoms with Gasteiger partial charge in [0.25, 0.3) is 0 Å². The van der Waals surface area contributed by atoms with Crippen molar-refractivity contribution in [3.63, 3.8) is 0 Å². The third-order valence-corrected chi connectivity index (χ3v) is 1.59. The predicted octanol–water partition coefficient (Wildman–Crippen LogP) is 3.46. The molecule has 88 valence electrons. The molecule has 0 radical (unpaired) electrons. The van der Waals surface area contributed by atoms with Gasteiger partial charge in [-0.3, -0.25) is 0 Å². The standard InChI is InChI=1S/C9H6ClF3O3/c10-8(14)15-5-6-2-1-3-7(4-6)16-9(11,12)13/h1-4H,5H2. The van der Waals surface area contributed by atoms with Gasteiger partial charge in [-0.05, 0) is 17.7 Å². The van der Waals surface area contributed by atoms with Crippen LogP contribution in [0.15, 0.2) is 24.3 Å². The molecule has 7 heteroatoms. The SMILES string of the molecule is O=C(Cl)OCc1cccc(OC(F)(F)F)c1. The van der Waals surface area contributed by atoms with Crippen LogP contribution in [-0.4, -0.2) is 11.8 Å². The van der Waals surface area contributed by atoms with Crippen molar-refractivity contribution in [1.29, 1.82) is 0 Å². The maximum atomic E-state index is 11.9. The second-order valence-electron chi connectivity index (χ2n) is 2.72. The topological polar surface area (TPSA) is 35.5 Å². The van der Waals surface area contributed by atoms with E-state index < -0.39 is 11.8 Å². The van der Waals surface area contributed by atoms with Crippen molar-refractivity contribution in [3.8, 4) is 5.75 Å². The maximum absolute atomic E-state index is 11.9. The zero-order chi connectivity index (χ0) is 12.2.